The Bertz CT molecular complexity index is 189. The van der Waals surface area contributed by atoms with Gasteiger partial charge in [0, 0.05) is 0 Å². The van der Waals surface area contributed by atoms with E-state index in [-0.39, 0.29) is 17.5 Å². The van der Waals surface area contributed by atoms with Crippen LogP contribution in [0.2, 0.25) is 0 Å². The Hall–Kier alpha value is -0.570. The van der Waals surface area contributed by atoms with Gasteiger partial charge >= 0.3 is 5.97 Å². The van der Waals surface area contributed by atoms with Gasteiger partial charge < -0.3 is 9.47 Å². The van der Waals surface area contributed by atoms with E-state index in [9.17, 15) is 4.79 Å². The van der Waals surface area contributed by atoms with Crippen molar-refractivity contribution in [3.8, 4) is 0 Å². The summed E-state index contributed by atoms with van der Waals surface area (Å²) >= 11 is 0. The predicted octanol–water partition coefficient (Wildman–Crippen LogP) is 1.75. The lowest BCUT2D eigenvalue weighted by molar-refractivity contribution is -0.159. The summed E-state index contributed by atoms with van der Waals surface area (Å²) < 4.78 is 10.3. The van der Waals surface area contributed by atoms with Crippen molar-refractivity contribution < 1.29 is 14.3 Å². The average molecular weight is 186 g/mol. The summed E-state index contributed by atoms with van der Waals surface area (Å²) in [5.74, 6) is -0.172. The van der Waals surface area contributed by atoms with Gasteiger partial charge in [-0.3, -0.25) is 4.79 Å². The molecule has 0 saturated carbocycles. The van der Waals surface area contributed by atoms with Crippen molar-refractivity contribution in [1.82, 2.24) is 0 Å². The molecule has 0 aromatic heterocycles. The smallest absolute Gasteiger partial charge is 0.309 e. The van der Waals surface area contributed by atoms with Crippen molar-refractivity contribution in [3.63, 3.8) is 0 Å². The molecule has 0 aromatic rings. The van der Waals surface area contributed by atoms with Crippen LogP contribution in [0.1, 0.15) is 34.1 Å². The normalized spacial score (nSPS) is 23.8. The van der Waals surface area contributed by atoms with Gasteiger partial charge in [0.1, 0.15) is 5.60 Å². The summed E-state index contributed by atoms with van der Waals surface area (Å²) in [4.78, 5) is 11.4. The van der Waals surface area contributed by atoms with Gasteiger partial charge in [-0.05, 0) is 27.2 Å². The molecule has 76 valence electrons. The number of carbonyl (C=O) groups is 1. The maximum atomic E-state index is 11.4. The predicted molar refractivity (Wildman–Crippen MR) is 49.4 cm³/mol. The quantitative estimate of drug-likeness (QED) is 0.498. The van der Waals surface area contributed by atoms with E-state index in [1.165, 1.54) is 0 Å². The molecule has 1 heterocycles. The van der Waals surface area contributed by atoms with E-state index in [1.807, 2.05) is 27.7 Å². The van der Waals surface area contributed by atoms with Gasteiger partial charge in [-0.2, -0.15) is 0 Å². The lowest BCUT2D eigenvalue weighted by Gasteiger charge is -2.21. The molecule has 1 saturated heterocycles. The molecule has 0 N–H and O–H groups in total. The first-order chi connectivity index (χ1) is 5.88. The second-order valence-corrected chi connectivity index (χ2v) is 4.63. The average Bonchev–Trinajstić information content (AvgIpc) is 2.67. The summed E-state index contributed by atoms with van der Waals surface area (Å²) in [5.41, 5.74) is -0.379. The standard InChI is InChI=1S/C10H18O3/c1-7(5-8-6-12-8)9(11)13-10(2,3)4/h7-8H,5-6H2,1-4H3. The van der Waals surface area contributed by atoms with Gasteiger partial charge in [-0.1, -0.05) is 6.92 Å². The topological polar surface area (TPSA) is 38.8 Å². The minimum Gasteiger partial charge on any atom is -0.460 e. The van der Waals surface area contributed by atoms with Crippen molar-refractivity contribution >= 4 is 5.97 Å². The number of rotatable bonds is 3. The molecule has 2 atom stereocenters. The van der Waals surface area contributed by atoms with Crippen LogP contribution in [0.25, 0.3) is 0 Å². The zero-order chi connectivity index (χ0) is 10.1. The summed E-state index contributed by atoms with van der Waals surface area (Å²) in [6, 6.07) is 0. The van der Waals surface area contributed by atoms with Gasteiger partial charge in [0.05, 0.1) is 18.6 Å². The van der Waals surface area contributed by atoms with Crippen molar-refractivity contribution in [2.24, 2.45) is 5.92 Å². The molecular weight excluding hydrogens is 168 g/mol. The van der Waals surface area contributed by atoms with Crippen molar-refractivity contribution in [2.75, 3.05) is 6.61 Å². The molecule has 0 amide bonds. The molecule has 0 aliphatic carbocycles. The van der Waals surface area contributed by atoms with Gasteiger partial charge in [0.25, 0.3) is 0 Å². The van der Waals surface area contributed by atoms with Crippen LogP contribution in [0.4, 0.5) is 0 Å². The Balaban J connectivity index is 2.28. The molecule has 1 aliphatic rings. The SMILES string of the molecule is CC(CC1CO1)C(=O)OC(C)(C)C. The van der Waals surface area contributed by atoms with Gasteiger partial charge in [-0.15, -0.1) is 0 Å². The molecule has 0 bridgehead atoms. The fourth-order valence-corrected chi connectivity index (χ4v) is 1.10. The van der Waals surface area contributed by atoms with Gasteiger partial charge in [-0.25, -0.2) is 0 Å². The molecule has 3 heteroatoms. The van der Waals surface area contributed by atoms with Gasteiger partial charge in [0.2, 0.25) is 0 Å². The van der Waals surface area contributed by atoms with Crippen LogP contribution >= 0.6 is 0 Å². The first-order valence-corrected chi connectivity index (χ1v) is 4.73. The van der Waals surface area contributed by atoms with Gasteiger partial charge in [0.15, 0.2) is 0 Å². The van der Waals surface area contributed by atoms with Crippen molar-refractivity contribution in [2.45, 2.75) is 45.8 Å². The summed E-state index contributed by atoms with van der Waals surface area (Å²) in [7, 11) is 0. The third-order valence-electron chi connectivity index (χ3n) is 1.83. The van der Waals surface area contributed by atoms with Crippen LogP contribution < -0.4 is 0 Å². The van der Waals surface area contributed by atoms with E-state index in [4.69, 9.17) is 9.47 Å². The molecule has 13 heavy (non-hydrogen) atoms. The first kappa shape index (κ1) is 10.5. The number of epoxide rings is 1. The number of ether oxygens (including phenoxy) is 2. The Morgan fingerprint density at radius 2 is 2.15 bits per heavy atom. The van der Waals surface area contributed by atoms with Crippen molar-refractivity contribution in [1.29, 1.82) is 0 Å². The van der Waals surface area contributed by atoms with E-state index in [0.29, 0.717) is 6.10 Å². The number of hydrogen-bond acceptors (Lipinski definition) is 3. The molecule has 0 spiro atoms. The van der Waals surface area contributed by atoms with Crippen LogP contribution in [0, 0.1) is 5.92 Å². The largest absolute Gasteiger partial charge is 0.460 e. The van der Waals surface area contributed by atoms with E-state index in [1.54, 1.807) is 0 Å². The Labute approximate surface area is 79.4 Å². The zero-order valence-corrected chi connectivity index (χ0v) is 8.79. The Kier molecular flexibility index (Phi) is 2.96. The van der Waals surface area contributed by atoms with E-state index in [0.717, 1.165) is 13.0 Å². The summed E-state index contributed by atoms with van der Waals surface area (Å²) in [6.07, 6.45) is 1.08. The lowest BCUT2D eigenvalue weighted by atomic mass is 10.1. The minimum atomic E-state index is -0.379. The third-order valence-corrected chi connectivity index (χ3v) is 1.83. The molecule has 0 aromatic carbocycles. The highest BCUT2D eigenvalue weighted by atomic mass is 16.6. The third kappa shape index (κ3) is 4.27. The fraction of sp³-hybridized carbons (Fsp3) is 0.900. The number of esters is 1. The van der Waals surface area contributed by atoms with E-state index < -0.39 is 0 Å². The second-order valence-electron chi connectivity index (χ2n) is 4.63. The molecule has 0 radical (unpaired) electrons. The fourth-order valence-electron chi connectivity index (χ4n) is 1.10. The molecule has 3 nitrogen and oxygen atoms in total. The molecular formula is C10H18O3. The monoisotopic (exact) mass is 186 g/mol. The maximum Gasteiger partial charge on any atom is 0.309 e. The van der Waals surface area contributed by atoms with Crippen molar-refractivity contribution in [3.05, 3.63) is 0 Å². The van der Waals surface area contributed by atoms with Crippen LogP contribution in [-0.4, -0.2) is 24.3 Å². The highest BCUT2D eigenvalue weighted by molar-refractivity contribution is 5.72. The first-order valence-electron chi connectivity index (χ1n) is 4.73. The molecule has 2 unspecified atom stereocenters. The Morgan fingerprint density at radius 1 is 1.62 bits per heavy atom. The highest BCUT2D eigenvalue weighted by Gasteiger charge is 2.30. The maximum absolute atomic E-state index is 11.4. The zero-order valence-electron chi connectivity index (χ0n) is 8.79. The second kappa shape index (κ2) is 3.66. The molecule has 1 fully saturated rings. The van der Waals surface area contributed by atoms with Crippen LogP contribution in [0.5, 0.6) is 0 Å². The van der Waals surface area contributed by atoms with Crippen LogP contribution in [0.15, 0.2) is 0 Å². The highest BCUT2D eigenvalue weighted by Crippen LogP contribution is 2.21. The summed E-state index contributed by atoms with van der Waals surface area (Å²) in [6.45, 7) is 8.32. The molecule has 1 aliphatic heterocycles. The van der Waals surface area contributed by atoms with E-state index in [2.05, 4.69) is 0 Å². The number of carbonyl (C=O) groups excluding carboxylic acids is 1. The van der Waals surface area contributed by atoms with Crippen LogP contribution in [0.3, 0.4) is 0 Å². The van der Waals surface area contributed by atoms with Crippen LogP contribution in [-0.2, 0) is 14.3 Å². The summed E-state index contributed by atoms with van der Waals surface area (Å²) in [5, 5.41) is 0. The Morgan fingerprint density at radius 3 is 2.54 bits per heavy atom. The van der Waals surface area contributed by atoms with E-state index >= 15 is 0 Å². The number of hydrogen-bond donors (Lipinski definition) is 0. The minimum absolute atomic E-state index is 0.0493. The lowest BCUT2D eigenvalue weighted by Crippen LogP contribution is -2.28. The molecule has 1 rings (SSSR count).